The molecule has 194 valence electrons. The van der Waals surface area contributed by atoms with Gasteiger partial charge in [0.1, 0.15) is 5.70 Å². The highest BCUT2D eigenvalue weighted by atomic mass is 35.5. The molecule has 7 heteroatoms. The summed E-state index contributed by atoms with van der Waals surface area (Å²) in [5.74, 6) is -1.15. The van der Waals surface area contributed by atoms with Crippen LogP contribution in [0.15, 0.2) is 109 Å². The number of anilines is 1. The van der Waals surface area contributed by atoms with Gasteiger partial charge in [0.25, 0.3) is 11.8 Å². The quantitative estimate of drug-likeness (QED) is 0.174. The van der Waals surface area contributed by atoms with Crippen molar-refractivity contribution in [2.45, 2.75) is 6.92 Å². The van der Waals surface area contributed by atoms with Crippen LogP contribution < -0.4 is 10.6 Å². The molecule has 0 fully saturated rings. The fourth-order valence-corrected chi connectivity index (χ4v) is 3.97. The number of amides is 2. The van der Waals surface area contributed by atoms with E-state index >= 15 is 0 Å². The minimum Gasteiger partial charge on any atom is -0.321 e. The van der Waals surface area contributed by atoms with Crippen LogP contribution in [0.1, 0.15) is 37.4 Å². The van der Waals surface area contributed by atoms with Gasteiger partial charge < -0.3 is 10.6 Å². The smallest absolute Gasteiger partial charge is 0.272 e. The second-order valence-corrected chi connectivity index (χ2v) is 9.45. The number of hydrogen-bond acceptors (Lipinski definition) is 3. The zero-order chi connectivity index (χ0) is 27.8. The monoisotopic (exact) mass is 554 g/mol. The third-order valence-electron chi connectivity index (χ3n) is 5.74. The van der Waals surface area contributed by atoms with Crippen molar-refractivity contribution in [2.75, 3.05) is 5.32 Å². The highest BCUT2D eigenvalue weighted by Crippen LogP contribution is 2.26. The summed E-state index contributed by atoms with van der Waals surface area (Å²) in [6.45, 7) is 1.97. The van der Waals surface area contributed by atoms with Crippen molar-refractivity contribution < 1.29 is 14.4 Å². The third-order valence-corrected chi connectivity index (χ3v) is 6.57. The Balaban J connectivity index is 1.49. The lowest BCUT2D eigenvalue weighted by atomic mass is 10.1. The molecule has 2 amide bonds. The Hall–Kier alpha value is -4.45. The van der Waals surface area contributed by atoms with Crippen LogP contribution in [0.4, 0.5) is 5.69 Å². The molecule has 39 heavy (non-hydrogen) atoms. The second-order valence-electron chi connectivity index (χ2n) is 8.66. The lowest BCUT2D eigenvalue weighted by Crippen LogP contribution is -2.30. The topological polar surface area (TPSA) is 75.3 Å². The molecule has 4 aromatic carbocycles. The predicted molar refractivity (Wildman–Crippen MR) is 158 cm³/mol. The van der Waals surface area contributed by atoms with E-state index in [1.165, 1.54) is 6.08 Å². The lowest BCUT2D eigenvalue weighted by molar-refractivity contribution is -0.113. The van der Waals surface area contributed by atoms with Crippen LogP contribution in [-0.4, -0.2) is 17.6 Å². The third kappa shape index (κ3) is 7.54. The fraction of sp³-hybridized carbons (Fsp3) is 0.0312. The number of allylic oxidation sites excluding steroid dienone is 1. The average Bonchev–Trinajstić information content (AvgIpc) is 2.95. The minimum atomic E-state index is -0.505. The number of hydrogen-bond donors (Lipinski definition) is 2. The first-order valence-electron chi connectivity index (χ1n) is 12.0. The Morgan fingerprint density at radius 1 is 0.744 bits per heavy atom. The van der Waals surface area contributed by atoms with Crippen molar-refractivity contribution in [3.63, 3.8) is 0 Å². The van der Waals surface area contributed by atoms with Crippen LogP contribution in [0.5, 0.6) is 0 Å². The molecule has 0 atom stereocenters. The average molecular weight is 555 g/mol. The first-order chi connectivity index (χ1) is 18.8. The Morgan fingerprint density at radius 2 is 1.44 bits per heavy atom. The molecule has 0 aromatic heterocycles. The first kappa shape index (κ1) is 27.6. The molecule has 0 aliphatic rings. The molecule has 0 saturated heterocycles. The lowest BCUT2D eigenvalue weighted by Gasteiger charge is -2.12. The number of halogens is 2. The van der Waals surface area contributed by atoms with Crippen molar-refractivity contribution in [1.29, 1.82) is 0 Å². The molecular formula is C32H24Cl2N2O3. The van der Waals surface area contributed by atoms with E-state index in [9.17, 15) is 14.4 Å². The van der Waals surface area contributed by atoms with Gasteiger partial charge in [0.15, 0.2) is 5.78 Å². The fourth-order valence-electron chi connectivity index (χ4n) is 3.60. The molecule has 0 unspecified atom stereocenters. The zero-order valence-corrected chi connectivity index (χ0v) is 22.5. The summed E-state index contributed by atoms with van der Waals surface area (Å²) in [6.07, 6.45) is 4.62. The minimum absolute atomic E-state index is 0.0780. The molecule has 0 heterocycles. The molecule has 0 saturated carbocycles. The van der Waals surface area contributed by atoms with Crippen molar-refractivity contribution in [3.8, 4) is 0 Å². The van der Waals surface area contributed by atoms with Crippen molar-refractivity contribution in [2.24, 2.45) is 0 Å². The molecule has 4 rings (SSSR count). The van der Waals surface area contributed by atoms with E-state index in [2.05, 4.69) is 10.6 Å². The first-order valence-corrected chi connectivity index (χ1v) is 12.8. The van der Waals surface area contributed by atoms with Crippen molar-refractivity contribution in [1.82, 2.24) is 5.32 Å². The number of aryl methyl sites for hydroxylation is 1. The van der Waals surface area contributed by atoms with Crippen LogP contribution in [0.2, 0.25) is 10.0 Å². The second kappa shape index (κ2) is 12.9. The van der Waals surface area contributed by atoms with E-state index in [0.717, 1.165) is 11.1 Å². The van der Waals surface area contributed by atoms with Gasteiger partial charge in [-0.2, -0.15) is 0 Å². The molecule has 4 aromatic rings. The summed E-state index contributed by atoms with van der Waals surface area (Å²) in [6, 6.07) is 27.8. The summed E-state index contributed by atoms with van der Waals surface area (Å²) < 4.78 is 0. The summed E-state index contributed by atoms with van der Waals surface area (Å²) in [7, 11) is 0. The standard InChI is InChI=1S/C32H24Cl2N2O3/c1-21-10-12-22(13-11-21)20-28(36-31(38)25-6-3-2-4-7-25)32(39)35-26-17-14-23(15-18-26)29(37)19-16-24-8-5-9-27(33)30(24)34/h2-20H,1H3,(H,35,39)(H,36,38)/b19-16+,28-20-. The highest BCUT2D eigenvalue weighted by molar-refractivity contribution is 6.43. The number of rotatable bonds is 8. The van der Waals surface area contributed by atoms with Crippen LogP contribution in [0.25, 0.3) is 12.2 Å². The molecule has 2 N–H and O–H groups in total. The SMILES string of the molecule is Cc1ccc(/C=C(\NC(=O)c2ccccc2)C(=O)Nc2ccc(C(=O)/C=C/c3cccc(Cl)c3Cl)cc2)cc1. The Kier molecular flexibility index (Phi) is 9.10. The van der Waals surface area contributed by atoms with E-state index in [1.807, 2.05) is 37.3 Å². The predicted octanol–water partition coefficient (Wildman–Crippen LogP) is 7.61. The summed E-state index contributed by atoms with van der Waals surface area (Å²) in [4.78, 5) is 38.6. The number of benzene rings is 4. The Labute approximate surface area is 236 Å². The molecule has 0 radical (unpaired) electrons. The van der Waals surface area contributed by atoms with E-state index in [1.54, 1.807) is 78.9 Å². The number of carbonyl (C=O) groups is 3. The Bertz CT molecular complexity index is 1560. The molecule has 0 aliphatic carbocycles. The van der Waals surface area contributed by atoms with Gasteiger partial charge >= 0.3 is 0 Å². The van der Waals surface area contributed by atoms with Crippen LogP contribution in [0.3, 0.4) is 0 Å². The van der Waals surface area contributed by atoms with Crippen LogP contribution in [0, 0.1) is 6.92 Å². The largest absolute Gasteiger partial charge is 0.321 e. The molecular weight excluding hydrogens is 531 g/mol. The normalized spacial score (nSPS) is 11.3. The van der Waals surface area contributed by atoms with Gasteiger partial charge in [-0.1, -0.05) is 83.4 Å². The maximum Gasteiger partial charge on any atom is 0.272 e. The van der Waals surface area contributed by atoms with Crippen molar-refractivity contribution in [3.05, 3.63) is 147 Å². The van der Waals surface area contributed by atoms with E-state index in [4.69, 9.17) is 23.2 Å². The zero-order valence-electron chi connectivity index (χ0n) is 21.0. The van der Waals surface area contributed by atoms with Gasteiger partial charge in [-0.25, -0.2) is 0 Å². The summed E-state index contributed by atoms with van der Waals surface area (Å²) in [5.41, 5.74) is 3.85. The molecule has 0 spiro atoms. The van der Waals surface area contributed by atoms with E-state index in [0.29, 0.717) is 32.4 Å². The van der Waals surface area contributed by atoms with Gasteiger partial charge in [-0.05, 0) is 78.7 Å². The molecule has 0 aliphatic heterocycles. The highest BCUT2D eigenvalue weighted by Gasteiger charge is 2.15. The van der Waals surface area contributed by atoms with E-state index < -0.39 is 11.8 Å². The van der Waals surface area contributed by atoms with E-state index in [-0.39, 0.29) is 11.5 Å². The van der Waals surface area contributed by atoms with Gasteiger partial charge in [0, 0.05) is 16.8 Å². The number of nitrogens with one attached hydrogen (secondary N) is 2. The van der Waals surface area contributed by atoms with Gasteiger partial charge in [0.2, 0.25) is 0 Å². The van der Waals surface area contributed by atoms with Crippen molar-refractivity contribution >= 4 is 58.6 Å². The maximum atomic E-state index is 13.2. The van der Waals surface area contributed by atoms with Gasteiger partial charge in [-0.15, -0.1) is 0 Å². The van der Waals surface area contributed by atoms with Crippen LogP contribution in [-0.2, 0) is 4.79 Å². The number of carbonyl (C=O) groups excluding carboxylic acids is 3. The summed E-state index contributed by atoms with van der Waals surface area (Å²) >= 11 is 12.2. The molecule has 5 nitrogen and oxygen atoms in total. The van der Waals surface area contributed by atoms with Crippen LogP contribution >= 0.6 is 23.2 Å². The molecule has 0 bridgehead atoms. The van der Waals surface area contributed by atoms with Gasteiger partial charge in [-0.3, -0.25) is 14.4 Å². The maximum absolute atomic E-state index is 13.2. The summed E-state index contributed by atoms with van der Waals surface area (Å²) in [5, 5.41) is 6.27. The van der Waals surface area contributed by atoms with Gasteiger partial charge in [0.05, 0.1) is 10.0 Å². The Morgan fingerprint density at radius 3 is 2.13 bits per heavy atom. The number of ketones is 1.